The zero-order chi connectivity index (χ0) is 20.9. The van der Waals surface area contributed by atoms with Gasteiger partial charge < -0.3 is 10.2 Å². The topological polar surface area (TPSA) is 69.7 Å². The average molecular weight is 416 g/mol. The second kappa shape index (κ2) is 9.41. The molecule has 0 unspecified atom stereocenters. The Labute approximate surface area is 173 Å². The number of amides is 1. The third-order valence-electron chi connectivity index (χ3n) is 5.34. The van der Waals surface area contributed by atoms with Crippen LogP contribution in [0.1, 0.15) is 42.6 Å². The minimum absolute atomic E-state index is 0.206. The molecule has 1 amide bonds. The van der Waals surface area contributed by atoms with Crippen LogP contribution >= 0.6 is 0 Å². The Bertz CT molecular complexity index is 932. The molecule has 1 fully saturated rings. The quantitative estimate of drug-likeness (QED) is 0.719. The second-order valence-corrected chi connectivity index (χ2v) is 9.06. The van der Waals surface area contributed by atoms with Crippen molar-refractivity contribution in [3.63, 3.8) is 0 Å². The fourth-order valence-corrected chi connectivity index (χ4v) is 5.15. The van der Waals surface area contributed by atoms with Crippen molar-refractivity contribution in [3.05, 3.63) is 59.7 Å². The van der Waals surface area contributed by atoms with Gasteiger partial charge in [0.1, 0.15) is 0 Å². The lowest BCUT2D eigenvalue weighted by atomic mass is 10.1. The van der Waals surface area contributed by atoms with Crippen LogP contribution in [0.25, 0.3) is 0 Å². The molecule has 1 aliphatic rings. The Morgan fingerprint density at radius 1 is 1.00 bits per heavy atom. The van der Waals surface area contributed by atoms with E-state index in [9.17, 15) is 13.2 Å². The van der Waals surface area contributed by atoms with Gasteiger partial charge in [-0.2, -0.15) is 4.31 Å². The maximum Gasteiger partial charge on any atom is 0.251 e. The Morgan fingerprint density at radius 2 is 1.62 bits per heavy atom. The normalized spacial score (nSPS) is 14.4. The zero-order valence-corrected chi connectivity index (χ0v) is 17.9. The van der Waals surface area contributed by atoms with Crippen molar-refractivity contribution in [2.45, 2.75) is 38.1 Å². The molecule has 0 bridgehead atoms. The zero-order valence-electron chi connectivity index (χ0n) is 17.1. The van der Waals surface area contributed by atoms with Crippen molar-refractivity contribution < 1.29 is 13.2 Å². The van der Waals surface area contributed by atoms with E-state index in [1.807, 2.05) is 32.0 Å². The lowest BCUT2D eigenvalue weighted by Crippen LogP contribution is -2.30. The molecule has 2 aromatic rings. The summed E-state index contributed by atoms with van der Waals surface area (Å²) in [7, 11) is -3.52. The van der Waals surface area contributed by atoms with Crippen molar-refractivity contribution in [1.82, 2.24) is 9.62 Å². The van der Waals surface area contributed by atoms with E-state index < -0.39 is 10.0 Å². The summed E-state index contributed by atoms with van der Waals surface area (Å²) in [6, 6.07) is 14.3. The number of sulfonamides is 1. The van der Waals surface area contributed by atoms with Crippen molar-refractivity contribution >= 4 is 21.6 Å². The summed E-state index contributed by atoms with van der Waals surface area (Å²) in [5.74, 6) is -0.215. The van der Waals surface area contributed by atoms with Crippen LogP contribution in [0, 0.1) is 0 Å². The fourth-order valence-electron chi connectivity index (χ4n) is 3.70. The van der Waals surface area contributed by atoms with Gasteiger partial charge in [-0.05, 0) is 48.7 Å². The van der Waals surface area contributed by atoms with Crippen LogP contribution in [0.15, 0.2) is 53.4 Å². The first kappa shape index (κ1) is 21.3. The SMILES string of the molecule is CCN(CC)S(=O)(=O)c1ccc(C(=O)NCc2ccccc2N2CCCC2)cc1. The van der Waals surface area contributed by atoms with Crippen molar-refractivity contribution in [3.8, 4) is 0 Å². The minimum Gasteiger partial charge on any atom is -0.371 e. The van der Waals surface area contributed by atoms with Gasteiger partial charge in [-0.3, -0.25) is 4.79 Å². The molecule has 6 nitrogen and oxygen atoms in total. The Hall–Kier alpha value is -2.38. The van der Waals surface area contributed by atoms with Crippen LogP contribution in [0.3, 0.4) is 0 Å². The van der Waals surface area contributed by atoms with Crippen LogP contribution in [0.2, 0.25) is 0 Å². The number of rotatable bonds is 8. The number of anilines is 1. The summed E-state index contributed by atoms with van der Waals surface area (Å²) in [5.41, 5.74) is 2.71. The van der Waals surface area contributed by atoms with Crippen LogP contribution in [-0.2, 0) is 16.6 Å². The van der Waals surface area contributed by atoms with Crippen LogP contribution in [-0.4, -0.2) is 44.8 Å². The number of carbonyl (C=O) groups excluding carboxylic acids is 1. The highest BCUT2D eigenvalue weighted by atomic mass is 32.2. The molecule has 0 aromatic heterocycles. The summed E-state index contributed by atoms with van der Waals surface area (Å²) in [4.78, 5) is 15.1. The van der Waals surface area contributed by atoms with E-state index in [1.165, 1.54) is 35.0 Å². The van der Waals surface area contributed by atoms with E-state index in [1.54, 1.807) is 12.1 Å². The molecule has 156 valence electrons. The lowest BCUT2D eigenvalue weighted by molar-refractivity contribution is 0.0951. The van der Waals surface area contributed by atoms with E-state index in [0.717, 1.165) is 18.7 Å². The third kappa shape index (κ3) is 4.79. The highest BCUT2D eigenvalue weighted by Crippen LogP contribution is 2.24. The first-order valence-corrected chi connectivity index (χ1v) is 11.6. The highest BCUT2D eigenvalue weighted by Gasteiger charge is 2.22. The number of benzene rings is 2. The van der Waals surface area contributed by atoms with Crippen molar-refractivity contribution in [1.29, 1.82) is 0 Å². The first-order valence-electron chi connectivity index (χ1n) is 10.2. The molecule has 0 saturated carbocycles. The molecule has 1 N–H and O–H groups in total. The van der Waals surface area contributed by atoms with E-state index in [-0.39, 0.29) is 10.8 Å². The largest absolute Gasteiger partial charge is 0.371 e. The predicted molar refractivity (Wildman–Crippen MR) is 116 cm³/mol. The number of para-hydroxylation sites is 1. The van der Waals surface area contributed by atoms with E-state index in [2.05, 4.69) is 16.3 Å². The fraction of sp³-hybridized carbons (Fsp3) is 0.409. The number of hydrogen-bond acceptors (Lipinski definition) is 4. The smallest absolute Gasteiger partial charge is 0.251 e. The molecule has 1 heterocycles. The van der Waals surface area contributed by atoms with Gasteiger partial charge in [0.15, 0.2) is 0 Å². The van der Waals surface area contributed by atoms with Gasteiger partial charge in [-0.25, -0.2) is 8.42 Å². The van der Waals surface area contributed by atoms with Gasteiger partial charge in [-0.15, -0.1) is 0 Å². The number of hydrogen-bond donors (Lipinski definition) is 1. The van der Waals surface area contributed by atoms with Gasteiger partial charge in [0.25, 0.3) is 5.91 Å². The third-order valence-corrected chi connectivity index (χ3v) is 7.40. The van der Waals surface area contributed by atoms with Crippen molar-refractivity contribution in [2.24, 2.45) is 0 Å². The first-order chi connectivity index (χ1) is 14.0. The van der Waals surface area contributed by atoms with Crippen LogP contribution in [0.5, 0.6) is 0 Å². The molecule has 0 spiro atoms. The predicted octanol–water partition coefficient (Wildman–Crippen LogP) is 3.25. The molecule has 1 aliphatic heterocycles. The van der Waals surface area contributed by atoms with Gasteiger partial charge in [0.05, 0.1) is 4.90 Å². The number of carbonyl (C=O) groups is 1. The van der Waals surface area contributed by atoms with Crippen LogP contribution < -0.4 is 10.2 Å². The van der Waals surface area contributed by atoms with E-state index in [4.69, 9.17) is 0 Å². The average Bonchev–Trinajstić information content (AvgIpc) is 3.28. The van der Waals surface area contributed by atoms with Crippen molar-refractivity contribution in [2.75, 3.05) is 31.1 Å². The molecular formula is C22H29N3O3S. The summed E-state index contributed by atoms with van der Waals surface area (Å²) in [6.45, 7) is 6.98. The van der Waals surface area contributed by atoms with E-state index in [0.29, 0.717) is 25.2 Å². The summed E-state index contributed by atoms with van der Waals surface area (Å²) < 4.78 is 26.5. The van der Waals surface area contributed by atoms with Gasteiger partial charge in [0.2, 0.25) is 10.0 Å². The molecule has 29 heavy (non-hydrogen) atoms. The maximum atomic E-state index is 12.6. The molecule has 2 aromatic carbocycles. The van der Waals surface area contributed by atoms with Gasteiger partial charge in [0, 0.05) is 44.0 Å². The monoisotopic (exact) mass is 415 g/mol. The minimum atomic E-state index is -3.52. The summed E-state index contributed by atoms with van der Waals surface area (Å²) in [5, 5.41) is 2.96. The lowest BCUT2D eigenvalue weighted by Gasteiger charge is -2.21. The van der Waals surface area contributed by atoms with Gasteiger partial charge in [-0.1, -0.05) is 32.0 Å². The molecule has 0 atom stereocenters. The Kier molecular flexibility index (Phi) is 6.92. The molecule has 0 radical (unpaired) electrons. The molecular weight excluding hydrogens is 386 g/mol. The Balaban J connectivity index is 1.68. The Morgan fingerprint density at radius 3 is 2.24 bits per heavy atom. The van der Waals surface area contributed by atoms with E-state index >= 15 is 0 Å². The molecule has 0 aliphatic carbocycles. The summed E-state index contributed by atoms with van der Waals surface area (Å²) in [6.07, 6.45) is 2.40. The standard InChI is InChI=1S/C22H29N3O3S/c1-3-25(4-2)29(27,28)20-13-11-18(12-14-20)22(26)23-17-19-9-5-6-10-21(19)24-15-7-8-16-24/h5-6,9-14H,3-4,7-8,15-17H2,1-2H3,(H,23,26). The molecule has 7 heteroatoms. The van der Waals surface area contributed by atoms with Crippen LogP contribution in [0.4, 0.5) is 5.69 Å². The number of nitrogens with one attached hydrogen (secondary N) is 1. The molecule has 1 saturated heterocycles. The van der Waals surface area contributed by atoms with Gasteiger partial charge >= 0.3 is 0 Å². The summed E-state index contributed by atoms with van der Waals surface area (Å²) >= 11 is 0. The maximum absolute atomic E-state index is 12.6. The second-order valence-electron chi connectivity index (χ2n) is 7.12. The molecule has 3 rings (SSSR count). The number of nitrogens with zero attached hydrogens (tertiary/aromatic N) is 2. The highest BCUT2D eigenvalue weighted by molar-refractivity contribution is 7.89.